The zero-order valence-corrected chi connectivity index (χ0v) is 16.2. The number of ether oxygens (including phenoxy) is 1. The van der Waals surface area contributed by atoms with E-state index >= 15 is 0 Å². The lowest BCUT2D eigenvalue weighted by Gasteiger charge is -2.05. The van der Waals surface area contributed by atoms with Gasteiger partial charge in [-0.3, -0.25) is 0 Å². The summed E-state index contributed by atoms with van der Waals surface area (Å²) in [5.74, 6) is 1.58. The Morgan fingerprint density at radius 1 is 0.963 bits per heavy atom. The quantitative estimate of drug-likeness (QED) is 0.448. The molecular weight excluding hydrogens is 354 g/mol. The molecule has 4 aromatic rings. The number of methoxy groups -OCH3 is 1. The molecule has 0 atom stereocenters. The van der Waals surface area contributed by atoms with Crippen LogP contribution in [0.1, 0.15) is 22.4 Å². The van der Waals surface area contributed by atoms with Crippen molar-refractivity contribution in [3.63, 3.8) is 0 Å². The Morgan fingerprint density at radius 3 is 2.56 bits per heavy atom. The van der Waals surface area contributed by atoms with Gasteiger partial charge in [0.15, 0.2) is 5.65 Å². The Kier molecular flexibility index (Phi) is 5.12. The third-order valence-corrected chi connectivity index (χ3v) is 5.35. The van der Waals surface area contributed by atoms with E-state index in [2.05, 4.69) is 43.3 Å². The Hall–Kier alpha value is -2.79. The number of fused-ring (bicyclic) bond motifs is 1. The molecule has 0 amide bonds. The van der Waals surface area contributed by atoms with Gasteiger partial charge in [0.1, 0.15) is 10.7 Å². The molecule has 136 valence electrons. The molecule has 0 unspecified atom stereocenters. The van der Waals surface area contributed by atoms with Crippen LogP contribution in [0.4, 0.5) is 0 Å². The summed E-state index contributed by atoms with van der Waals surface area (Å²) < 4.78 is 7.44. The minimum Gasteiger partial charge on any atom is -0.480 e. The van der Waals surface area contributed by atoms with E-state index in [1.165, 1.54) is 16.7 Å². The first kappa shape index (κ1) is 17.6. The largest absolute Gasteiger partial charge is 0.480 e. The molecule has 27 heavy (non-hydrogen) atoms. The monoisotopic (exact) mass is 375 g/mol. The molecule has 2 aromatic carbocycles. The van der Waals surface area contributed by atoms with E-state index in [4.69, 9.17) is 14.8 Å². The number of nitrogens with zero attached hydrogens (tertiary/aromatic N) is 3. The summed E-state index contributed by atoms with van der Waals surface area (Å²) in [6, 6.07) is 22.9. The van der Waals surface area contributed by atoms with E-state index < -0.39 is 0 Å². The molecule has 0 aliphatic heterocycles. The fraction of sp³-hybridized carbons (Fsp3) is 0.182. The third kappa shape index (κ3) is 3.98. The van der Waals surface area contributed by atoms with E-state index in [9.17, 15) is 0 Å². The molecule has 0 saturated heterocycles. The minimum absolute atomic E-state index is 0.701. The van der Waals surface area contributed by atoms with Crippen LogP contribution in [-0.4, -0.2) is 21.7 Å². The molecule has 0 bridgehead atoms. The van der Waals surface area contributed by atoms with E-state index in [1.54, 1.807) is 23.4 Å². The summed E-state index contributed by atoms with van der Waals surface area (Å²) in [4.78, 5) is 4.72. The summed E-state index contributed by atoms with van der Waals surface area (Å²) in [6.07, 6.45) is 0.721. The molecule has 4 rings (SSSR count). The number of imidazole rings is 1. The van der Waals surface area contributed by atoms with Crippen molar-refractivity contribution in [1.29, 1.82) is 0 Å². The van der Waals surface area contributed by atoms with Gasteiger partial charge in [-0.15, -0.1) is 0 Å². The summed E-state index contributed by atoms with van der Waals surface area (Å²) in [5, 5.41) is 5.69. The summed E-state index contributed by atoms with van der Waals surface area (Å²) >= 11 is 1.71. The lowest BCUT2D eigenvalue weighted by atomic mass is 10.1. The average Bonchev–Trinajstić information content (AvgIpc) is 3.03. The van der Waals surface area contributed by atoms with Crippen molar-refractivity contribution in [3.05, 3.63) is 89.1 Å². The highest BCUT2D eigenvalue weighted by Crippen LogP contribution is 2.26. The number of rotatable bonds is 6. The number of thioether (sulfide) groups is 1. The normalized spacial score (nSPS) is 11.0. The highest BCUT2D eigenvalue weighted by atomic mass is 32.2. The average molecular weight is 375 g/mol. The van der Waals surface area contributed by atoms with Crippen molar-refractivity contribution in [2.45, 2.75) is 24.1 Å². The zero-order valence-electron chi connectivity index (χ0n) is 15.4. The molecule has 0 saturated carbocycles. The van der Waals surface area contributed by atoms with E-state index in [1.807, 2.05) is 30.3 Å². The summed E-state index contributed by atoms with van der Waals surface area (Å²) in [7, 11) is 1.67. The van der Waals surface area contributed by atoms with Crippen molar-refractivity contribution in [2.75, 3.05) is 7.11 Å². The number of hydrogen-bond donors (Lipinski definition) is 0. The fourth-order valence-electron chi connectivity index (χ4n) is 3.09. The van der Waals surface area contributed by atoms with Crippen LogP contribution < -0.4 is 4.74 Å². The van der Waals surface area contributed by atoms with Crippen molar-refractivity contribution in [2.24, 2.45) is 0 Å². The van der Waals surface area contributed by atoms with Gasteiger partial charge >= 0.3 is 0 Å². The fourth-order valence-corrected chi connectivity index (χ4v) is 3.88. The van der Waals surface area contributed by atoms with Gasteiger partial charge in [-0.2, -0.15) is 9.61 Å². The second-order valence-electron chi connectivity index (χ2n) is 6.45. The van der Waals surface area contributed by atoms with Crippen LogP contribution in [0.15, 0.2) is 71.8 Å². The number of hydrogen-bond acceptors (Lipinski definition) is 4. The highest BCUT2D eigenvalue weighted by Gasteiger charge is 2.15. The van der Waals surface area contributed by atoms with Gasteiger partial charge in [-0.05, 0) is 30.2 Å². The maximum Gasteiger partial charge on any atom is 0.238 e. The first-order chi connectivity index (χ1) is 13.2. The van der Waals surface area contributed by atoms with E-state index in [-0.39, 0.29) is 0 Å². The molecule has 4 nitrogen and oxygen atoms in total. The lowest BCUT2D eigenvalue weighted by molar-refractivity contribution is 0.381. The smallest absolute Gasteiger partial charge is 0.238 e. The SMILES string of the molecule is COc1c(Cc2ccccc2)nc2ccc(SCc3cccc(C)c3)nn12. The lowest BCUT2D eigenvalue weighted by Crippen LogP contribution is -1.98. The second-order valence-corrected chi connectivity index (χ2v) is 7.45. The molecule has 2 aromatic heterocycles. The van der Waals surface area contributed by atoms with Crippen LogP contribution in [0.5, 0.6) is 5.88 Å². The first-order valence-electron chi connectivity index (χ1n) is 8.88. The van der Waals surface area contributed by atoms with Gasteiger partial charge in [0.2, 0.25) is 5.88 Å². The molecular formula is C22H21N3OS. The van der Waals surface area contributed by atoms with Crippen LogP contribution in [0.3, 0.4) is 0 Å². The van der Waals surface area contributed by atoms with Crippen LogP contribution >= 0.6 is 11.8 Å². The van der Waals surface area contributed by atoms with Crippen molar-refractivity contribution < 1.29 is 4.74 Å². The predicted molar refractivity (Wildman–Crippen MR) is 110 cm³/mol. The topological polar surface area (TPSA) is 39.4 Å². The third-order valence-electron chi connectivity index (χ3n) is 4.36. The van der Waals surface area contributed by atoms with Crippen LogP contribution in [0.2, 0.25) is 0 Å². The predicted octanol–water partition coefficient (Wildman–Crippen LogP) is 4.93. The maximum absolute atomic E-state index is 5.63. The van der Waals surface area contributed by atoms with Crippen molar-refractivity contribution in [3.8, 4) is 5.88 Å². The first-order valence-corrected chi connectivity index (χ1v) is 9.86. The zero-order chi connectivity index (χ0) is 18.6. The Bertz CT molecular complexity index is 1060. The standard InChI is InChI=1S/C22H21N3OS/c1-16-7-6-10-18(13-16)15-27-21-12-11-20-23-19(22(26-2)25(20)24-21)14-17-8-4-3-5-9-17/h3-13H,14-15H2,1-2H3. The van der Waals surface area contributed by atoms with Gasteiger partial charge in [0, 0.05) is 12.2 Å². The number of benzene rings is 2. The van der Waals surface area contributed by atoms with Gasteiger partial charge in [-0.1, -0.05) is 71.9 Å². The van der Waals surface area contributed by atoms with Crippen LogP contribution in [0.25, 0.3) is 5.65 Å². The highest BCUT2D eigenvalue weighted by molar-refractivity contribution is 7.98. The summed E-state index contributed by atoms with van der Waals surface area (Å²) in [5.41, 5.74) is 5.48. The van der Waals surface area contributed by atoms with Crippen molar-refractivity contribution in [1.82, 2.24) is 14.6 Å². The van der Waals surface area contributed by atoms with E-state index in [0.29, 0.717) is 5.88 Å². The van der Waals surface area contributed by atoms with Gasteiger partial charge in [0.25, 0.3) is 0 Å². The molecule has 0 N–H and O–H groups in total. The van der Waals surface area contributed by atoms with Gasteiger partial charge < -0.3 is 4.74 Å². The Morgan fingerprint density at radius 2 is 1.78 bits per heavy atom. The van der Waals surface area contributed by atoms with Gasteiger partial charge in [-0.25, -0.2) is 4.98 Å². The number of aryl methyl sites for hydroxylation is 1. The summed E-state index contributed by atoms with van der Waals surface area (Å²) in [6.45, 7) is 2.11. The molecule has 0 fully saturated rings. The van der Waals surface area contributed by atoms with Crippen molar-refractivity contribution >= 4 is 17.4 Å². The molecule has 0 aliphatic rings. The Balaban J connectivity index is 1.59. The van der Waals surface area contributed by atoms with Crippen LogP contribution in [0, 0.1) is 6.92 Å². The van der Waals surface area contributed by atoms with E-state index in [0.717, 1.165) is 28.5 Å². The number of aromatic nitrogens is 3. The molecule has 0 aliphatic carbocycles. The molecule has 2 heterocycles. The Labute approximate surface area is 163 Å². The minimum atomic E-state index is 0.701. The van der Waals surface area contributed by atoms with Crippen LogP contribution in [-0.2, 0) is 12.2 Å². The maximum atomic E-state index is 5.63. The molecule has 5 heteroatoms. The van der Waals surface area contributed by atoms with Gasteiger partial charge in [0.05, 0.1) is 7.11 Å². The molecule has 0 spiro atoms. The second kappa shape index (κ2) is 7.84. The molecule has 0 radical (unpaired) electrons.